The Bertz CT molecular complexity index is 325. The molecule has 0 saturated heterocycles. The van der Waals surface area contributed by atoms with Crippen molar-refractivity contribution in [3.05, 3.63) is 48.0 Å². The van der Waals surface area contributed by atoms with Crippen molar-refractivity contribution < 1.29 is 0 Å². The second-order valence-corrected chi connectivity index (χ2v) is 5.39. The van der Waals surface area contributed by atoms with Crippen LogP contribution in [0.25, 0.3) is 0 Å². The standard InChI is InChI=1S/C15H23N/c1-13(2)10-15(3,4)12-16-11-14-8-6-5-7-9-14/h5-9,16H,1,10-12H2,2-4H3. The molecule has 1 aromatic carbocycles. The van der Waals surface area contributed by atoms with Gasteiger partial charge in [-0.2, -0.15) is 0 Å². The van der Waals surface area contributed by atoms with Crippen LogP contribution >= 0.6 is 0 Å². The molecule has 88 valence electrons. The Morgan fingerprint density at radius 1 is 1.25 bits per heavy atom. The molecule has 1 aromatic rings. The van der Waals surface area contributed by atoms with Crippen LogP contribution in [0.4, 0.5) is 0 Å². The lowest BCUT2D eigenvalue weighted by atomic mass is 9.86. The van der Waals surface area contributed by atoms with E-state index < -0.39 is 0 Å². The first-order chi connectivity index (χ1) is 7.49. The fraction of sp³-hybridized carbons (Fsp3) is 0.467. The highest BCUT2D eigenvalue weighted by atomic mass is 14.9. The van der Waals surface area contributed by atoms with E-state index in [1.807, 2.05) is 0 Å². The molecular weight excluding hydrogens is 194 g/mol. The Morgan fingerprint density at radius 3 is 2.44 bits per heavy atom. The maximum absolute atomic E-state index is 3.98. The molecule has 0 saturated carbocycles. The number of benzene rings is 1. The second kappa shape index (κ2) is 5.86. The second-order valence-electron chi connectivity index (χ2n) is 5.39. The van der Waals surface area contributed by atoms with E-state index in [1.165, 1.54) is 11.1 Å². The van der Waals surface area contributed by atoms with Crippen LogP contribution in [0.5, 0.6) is 0 Å². The maximum Gasteiger partial charge on any atom is 0.0205 e. The van der Waals surface area contributed by atoms with Crippen molar-refractivity contribution >= 4 is 0 Å². The topological polar surface area (TPSA) is 12.0 Å². The van der Waals surface area contributed by atoms with Gasteiger partial charge >= 0.3 is 0 Å². The minimum absolute atomic E-state index is 0.292. The Morgan fingerprint density at radius 2 is 1.88 bits per heavy atom. The van der Waals surface area contributed by atoms with E-state index in [9.17, 15) is 0 Å². The summed E-state index contributed by atoms with van der Waals surface area (Å²) in [4.78, 5) is 0. The van der Waals surface area contributed by atoms with Crippen LogP contribution in [0, 0.1) is 5.41 Å². The van der Waals surface area contributed by atoms with E-state index in [4.69, 9.17) is 0 Å². The van der Waals surface area contributed by atoms with Gasteiger partial charge in [0.2, 0.25) is 0 Å². The smallest absolute Gasteiger partial charge is 0.0205 e. The first-order valence-corrected chi connectivity index (χ1v) is 5.89. The number of allylic oxidation sites excluding steroid dienone is 1. The predicted molar refractivity (Wildman–Crippen MR) is 71.4 cm³/mol. The van der Waals surface area contributed by atoms with Crippen molar-refractivity contribution in [2.24, 2.45) is 5.41 Å². The third-order valence-electron chi connectivity index (χ3n) is 2.56. The zero-order valence-corrected chi connectivity index (χ0v) is 10.7. The van der Waals surface area contributed by atoms with E-state index in [0.717, 1.165) is 19.5 Å². The van der Waals surface area contributed by atoms with Gasteiger partial charge in [-0.25, -0.2) is 0 Å². The predicted octanol–water partition coefficient (Wildman–Crippen LogP) is 3.77. The molecule has 0 radical (unpaired) electrons. The molecule has 0 atom stereocenters. The van der Waals surface area contributed by atoms with Gasteiger partial charge in [-0.05, 0) is 24.3 Å². The van der Waals surface area contributed by atoms with Crippen molar-refractivity contribution in [1.82, 2.24) is 5.32 Å². The summed E-state index contributed by atoms with van der Waals surface area (Å²) in [7, 11) is 0. The molecule has 1 rings (SSSR count). The van der Waals surface area contributed by atoms with Crippen molar-refractivity contribution in [3.8, 4) is 0 Å². The molecular formula is C15H23N. The molecule has 1 heteroatoms. The Labute approximate surface area is 99.6 Å². The summed E-state index contributed by atoms with van der Waals surface area (Å²) >= 11 is 0. The van der Waals surface area contributed by atoms with Crippen molar-refractivity contribution in [2.45, 2.75) is 33.7 Å². The first-order valence-electron chi connectivity index (χ1n) is 5.89. The highest BCUT2D eigenvalue weighted by Gasteiger charge is 2.16. The van der Waals surface area contributed by atoms with E-state index in [0.29, 0.717) is 5.41 Å². The zero-order chi connectivity index (χ0) is 12.0. The van der Waals surface area contributed by atoms with Gasteiger partial charge < -0.3 is 5.32 Å². The fourth-order valence-electron chi connectivity index (χ4n) is 2.02. The van der Waals surface area contributed by atoms with Crippen LogP contribution in [0.15, 0.2) is 42.5 Å². The molecule has 0 unspecified atom stereocenters. The molecule has 0 aromatic heterocycles. The Kier molecular flexibility index (Phi) is 4.75. The van der Waals surface area contributed by atoms with Crippen LogP contribution in [-0.2, 0) is 6.54 Å². The molecule has 1 nitrogen and oxygen atoms in total. The third kappa shape index (κ3) is 5.13. The average molecular weight is 217 g/mol. The van der Waals surface area contributed by atoms with Gasteiger partial charge in [0.1, 0.15) is 0 Å². The van der Waals surface area contributed by atoms with Crippen LogP contribution in [0.3, 0.4) is 0 Å². The van der Waals surface area contributed by atoms with Gasteiger partial charge in [0.05, 0.1) is 0 Å². The summed E-state index contributed by atoms with van der Waals surface area (Å²) in [5.74, 6) is 0. The number of hydrogen-bond donors (Lipinski definition) is 1. The van der Waals surface area contributed by atoms with Gasteiger partial charge in [0.25, 0.3) is 0 Å². The van der Waals surface area contributed by atoms with Crippen LogP contribution < -0.4 is 5.32 Å². The van der Waals surface area contributed by atoms with Gasteiger partial charge in [0.15, 0.2) is 0 Å². The summed E-state index contributed by atoms with van der Waals surface area (Å²) in [6.45, 7) is 12.6. The van der Waals surface area contributed by atoms with Gasteiger partial charge in [-0.15, -0.1) is 6.58 Å². The number of rotatable bonds is 6. The van der Waals surface area contributed by atoms with Gasteiger partial charge in [-0.3, -0.25) is 0 Å². The molecule has 0 spiro atoms. The minimum atomic E-state index is 0.292. The normalized spacial score (nSPS) is 11.4. The van der Waals surface area contributed by atoms with Crippen LogP contribution in [0.1, 0.15) is 32.8 Å². The fourth-order valence-corrected chi connectivity index (χ4v) is 2.02. The summed E-state index contributed by atoms with van der Waals surface area (Å²) < 4.78 is 0. The van der Waals surface area contributed by atoms with E-state index in [2.05, 4.69) is 63.0 Å². The molecule has 0 fully saturated rings. The van der Waals surface area contributed by atoms with Crippen molar-refractivity contribution in [2.75, 3.05) is 6.54 Å². The Hall–Kier alpha value is -1.08. The zero-order valence-electron chi connectivity index (χ0n) is 10.7. The molecule has 0 bridgehead atoms. The monoisotopic (exact) mass is 217 g/mol. The summed E-state index contributed by atoms with van der Waals surface area (Å²) in [5.41, 5.74) is 2.89. The molecule has 0 heterocycles. The van der Waals surface area contributed by atoms with Crippen LogP contribution in [-0.4, -0.2) is 6.54 Å². The van der Waals surface area contributed by atoms with Crippen molar-refractivity contribution in [1.29, 1.82) is 0 Å². The molecule has 0 aliphatic heterocycles. The van der Waals surface area contributed by atoms with Gasteiger partial charge in [0, 0.05) is 13.1 Å². The molecule has 1 N–H and O–H groups in total. The Balaban J connectivity index is 2.32. The van der Waals surface area contributed by atoms with E-state index in [1.54, 1.807) is 0 Å². The number of hydrogen-bond acceptors (Lipinski definition) is 1. The quantitative estimate of drug-likeness (QED) is 0.715. The van der Waals surface area contributed by atoms with E-state index in [-0.39, 0.29) is 0 Å². The lowest BCUT2D eigenvalue weighted by Crippen LogP contribution is -2.29. The summed E-state index contributed by atoms with van der Waals surface area (Å²) in [6.07, 6.45) is 1.08. The third-order valence-corrected chi connectivity index (χ3v) is 2.56. The number of nitrogens with one attached hydrogen (secondary N) is 1. The summed E-state index contributed by atoms with van der Waals surface area (Å²) in [6, 6.07) is 10.5. The SMILES string of the molecule is C=C(C)CC(C)(C)CNCc1ccccc1. The van der Waals surface area contributed by atoms with Crippen molar-refractivity contribution in [3.63, 3.8) is 0 Å². The first kappa shape index (κ1) is 13.0. The minimum Gasteiger partial charge on any atom is -0.312 e. The lowest BCUT2D eigenvalue weighted by molar-refractivity contribution is 0.337. The lowest BCUT2D eigenvalue weighted by Gasteiger charge is -2.25. The molecule has 0 aliphatic rings. The summed E-state index contributed by atoms with van der Waals surface area (Å²) in [5, 5.41) is 3.51. The van der Waals surface area contributed by atoms with Gasteiger partial charge in [-0.1, -0.05) is 49.8 Å². The largest absolute Gasteiger partial charge is 0.312 e. The van der Waals surface area contributed by atoms with E-state index >= 15 is 0 Å². The molecule has 0 amide bonds. The maximum atomic E-state index is 3.98. The van der Waals surface area contributed by atoms with Crippen LogP contribution in [0.2, 0.25) is 0 Å². The highest BCUT2D eigenvalue weighted by molar-refractivity contribution is 5.14. The molecule has 16 heavy (non-hydrogen) atoms. The highest BCUT2D eigenvalue weighted by Crippen LogP contribution is 2.23. The average Bonchev–Trinajstić information content (AvgIpc) is 2.16. The molecule has 0 aliphatic carbocycles.